The van der Waals surface area contributed by atoms with E-state index in [2.05, 4.69) is 8.83 Å². The van der Waals surface area contributed by atoms with E-state index in [9.17, 15) is 29.6 Å². The van der Waals surface area contributed by atoms with Crippen molar-refractivity contribution in [2.45, 2.75) is 36.8 Å². The molecule has 0 saturated carbocycles. The number of hydrogen-bond donors (Lipinski definition) is 8. The predicted octanol–water partition coefficient (Wildman–Crippen LogP) is -3.63. The molecule has 1 aliphatic heterocycles. The summed E-state index contributed by atoms with van der Waals surface area (Å²) in [6, 6.07) is 0. The van der Waals surface area contributed by atoms with Gasteiger partial charge in [0.05, 0.1) is 6.61 Å². The van der Waals surface area contributed by atoms with Gasteiger partial charge in [-0.1, -0.05) is 0 Å². The van der Waals surface area contributed by atoms with Crippen LogP contribution in [0.2, 0.25) is 0 Å². The Morgan fingerprint density at radius 3 is 2.05 bits per heavy atom. The van der Waals surface area contributed by atoms with E-state index in [0.29, 0.717) is 0 Å². The van der Waals surface area contributed by atoms with Gasteiger partial charge >= 0.3 is 15.6 Å². The summed E-state index contributed by atoms with van der Waals surface area (Å²) in [7, 11) is -10.8. The summed E-state index contributed by atoms with van der Waals surface area (Å²) < 4.78 is 34.2. The van der Waals surface area contributed by atoms with Crippen LogP contribution in [0.1, 0.15) is 0 Å². The first kappa shape index (κ1) is 20.1. The van der Waals surface area contributed by atoms with Gasteiger partial charge in [0.1, 0.15) is 30.5 Å². The van der Waals surface area contributed by atoms with Crippen molar-refractivity contribution >= 4 is 15.6 Å². The van der Waals surface area contributed by atoms with Crippen molar-refractivity contribution in [3.05, 3.63) is 0 Å². The van der Waals surface area contributed by atoms with E-state index in [0.717, 1.165) is 0 Å². The first-order valence-electron chi connectivity index (χ1n) is 5.64. The number of aliphatic hydroxyl groups is 5. The van der Waals surface area contributed by atoms with Crippen LogP contribution in [0.3, 0.4) is 0 Å². The molecule has 15 heteroatoms. The molecule has 13 nitrogen and oxygen atoms in total. The van der Waals surface area contributed by atoms with Gasteiger partial charge in [0.25, 0.3) is 0 Å². The number of hydrogen-bond acceptors (Lipinski definition) is 10. The van der Waals surface area contributed by atoms with Gasteiger partial charge in [-0.2, -0.15) is 4.31 Å². The van der Waals surface area contributed by atoms with E-state index in [1.807, 2.05) is 0 Å². The van der Waals surface area contributed by atoms with E-state index in [-0.39, 0.29) is 0 Å². The summed E-state index contributed by atoms with van der Waals surface area (Å²) >= 11 is 0. The van der Waals surface area contributed by atoms with Gasteiger partial charge in [-0.25, -0.2) is 9.13 Å². The fourth-order valence-corrected chi connectivity index (χ4v) is 3.33. The van der Waals surface area contributed by atoms with Crippen LogP contribution in [0, 0.1) is 0 Å². The number of aliphatic hydroxyl groups excluding tert-OH is 5. The molecule has 2 unspecified atom stereocenters. The molecule has 1 aliphatic rings. The summed E-state index contributed by atoms with van der Waals surface area (Å²) in [5.41, 5.74) is 0. The summed E-state index contributed by atoms with van der Waals surface area (Å²) in [5, 5.41) is 46.8. The van der Waals surface area contributed by atoms with Crippen LogP contribution in [0.25, 0.3) is 0 Å². The van der Waals surface area contributed by atoms with Gasteiger partial charge in [0.15, 0.2) is 6.29 Å². The van der Waals surface area contributed by atoms with Gasteiger partial charge in [-0.05, 0) is 0 Å². The average molecular weight is 370 g/mol. The van der Waals surface area contributed by atoms with Gasteiger partial charge in [-0.3, -0.25) is 4.52 Å². The molecule has 7 atom stereocenters. The highest BCUT2D eigenvalue weighted by molar-refractivity contribution is 7.60. The third-order valence-corrected chi connectivity index (χ3v) is 4.77. The van der Waals surface area contributed by atoms with Crippen molar-refractivity contribution in [3.8, 4) is 0 Å². The highest BCUT2D eigenvalue weighted by atomic mass is 31.3. The van der Waals surface area contributed by atoms with Gasteiger partial charge in [-0.15, -0.1) is 0 Å². The third kappa shape index (κ3) is 5.28. The Hall–Kier alpha value is 0.0200. The lowest BCUT2D eigenvalue weighted by Gasteiger charge is -2.41. The van der Waals surface area contributed by atoms with Crippen molar-refractivity contribution in [2.24, 2.45) is 0 Å². The van der Waals surface area contributed by atoms with E-state index in [1.54, 1.807) is 0 Å². The zero-order chi connectivity index (χ0) is 17.3. The minimum atomic E-state index is -5.42. The van der Waals surface area contributed by atoms with Crippen molar-refractivity contribution in [2.75, 3.05) is 6.61 Å². The normalized spacial score (nSPS) is 37.5. The molecule has 0 amide bonds. The van der Waals surface area contributed by atoms with Crippen LogP contribution in [0.4, 0.5) is 0 Å². The molecule has 0 spiro atoms. The third-order valence-electron chi connectivity index (χ3n) is 2.62. The zero-order valence-electron chi connectivity index (χ0n) is 10.7. The minimum Gasteiger partial charge on any atom is -0.394 e. The zero-order valence-corrected chi connectivity index (χ0v) is 12.5. The van der Waals surface area contributed by atoms with Crippen LogP contribution < -0.4 is 0 Å². The van der Waals surface area contributed by atoms with E-state index in [4.69, 9.17) is 24.5 Å². The lowest BCUT2D eigenvalue weighted by Crippen LogP contribution is -2.61. The highest BCUT2D eigenvalue weighted by Crippen LogP contribution is 2.58. The maximum atomic E-state index is 11.3. The Morgan fingerprint density at radius 1 is 1.05 bits per heavy atom. The standard InChI is InChI=1S/C7H16O13P2/c8-1-2(9)6-4(11)3(10)5(12)7(18-6)19-22(16,17)20-21(13,14)15/h2-12H,1H2,(H,16,17)(H2,13,14,15)/t2?,3-,4-,5-,6+,7-/m0/s1. The Labute approximate surface area is 123 Å². The monoisotopic (exact) mass is 370 g/mol. The summed E-state index contributed by atoms with van der Waals surface area (Å²) in [4.78, 5) is 26.0. The Morgan fingerprint density at radius 2 is 1.59 bits per heavy atom. The SMILES string of the molecule is O=P(O)(O)OP(=O)(O)O[C@@H]1O[C@H](C(O)CO)[C@@H](O)[C@H](O)[C@@H]1O. The summed E-state index contributed by atoms with van der Waals surface area (Å²) in [6.07, 6.45) is -11.7. The largest absolute Gasteiger partial charge is 0.483 e. The van der Waals surface area contributed by atoms with Gasteiger partial charge < -0.3 is 44.9 Å². The fourth-order valence-electron chi connectivity index (χ4n) is 1.67. The molecule has 1 rings (SSSR count). The van der Waals surface area contributed by atoms with Crippen LogP contribution in [-0.4, -0.2) is 83.6 Å². The van der Waals surface area contributed by atoms with Crippen LogP contribution in [-0.2, 0) is 22.7 Å². The second-order valence-corrected chi connectivity index (χ2v) is 7.12. The molecule has 1 saturated heterocycles. The molecular formula is C7H16O13P2. The van der Waals surface area contributed by atoms with Crippen LogP contribution >= 0.6 is 15.6 Å². The van der Waals surface area contributed by atoms with Crippen molar-refractivity contribution < 1.29 is 62.9 Å². The van der Waals surface area contributed by atoms with Crippen molar-refractivity contribution in [1.29, 1.82) is 0 Å². The highest BCUT2D eigenvalue weighted by Gasteiger charge is 2.49. The molecule has 22 heavy (non-hydrogen) atoms. The number of phosphoric ester groups is 1. The quantitative estimate of drug-likeness (QED) is 0.212. The van der Waals surface area contributed by atoms with Crippen molar-refractivity contribution in [3.63, 3.8) is 0 Å². The van der Waals surface area contributed by atoms with Gasteiger partial charge in [0.2, 0.25) is 0 Å². The van der Waals surface area contributed by atoms with Gasteiger partial charge in [0, 0.05) is 0 Å². The second kappa shape index (κ2) is 7.28. The predicted molar refractivity (Wildman–Crippen MR) is 63.8 cm³/mol. The van der Waals surface area contributed by atoms with Crippen LogP contribution in [0.15, 0.2) is 0 Å². The Bertz CT molecular complexity index is 463. The van der Waals surface area contributed by atoms with Crippen molar-refractivity contribution in [1.82, 2.24) is 0 Å². The number of rotatable bonds is 6. The molecule has 1 fully saturated rings. The molecule has 1 heterocycles. The summed E-state index contributed by atoms with van der Waals surface area (Å²) in [5.74, 6) is 0. The maximum absolute atomic E-state index is 11.3. The fraction of sp³-hybridized carbons (Fsp3) is 1.00. The molecule has 0 aromatic rings. The molecule has 0 bridgehead atoms. The Kier molecular flexibility index (Phi) is 6.64. The molecule has 0 aromatic heterocycles. The molecule has 0 aromatic carbocycles. The molecule has 0 radical (unpaired) electrons. The lowest BCUT2D eigenvalue weighted by molar-refractivity contribution is -0.292. The average Bonchev–Trinajstić information content (AvgIpc) is 2.35. The minimum absolute atomic E-state index is 0.924. The lowest BCUT2D eigenvalue weighted by atomic mass is 9.96. The smallest absolute Gasteiger partial charge is 0.394 e. The molecule has 8 N–H and O–H groups in total. The first-order valence-corrected chi connectivity index (χ1v) is 8.67. The Balaban J connectivity index is 2.89. The van der Waals surface area contributed by atoms with E-state index in [1.165, 1.54) is 0 Å². The second-order valence-electron chi connectivity index (χ2n) is 4.34. The van der Waals surface area contributed by atoms with E-state index < -0.39 is 59.1 Å². The first-order chi connectivity index (χ1) is 9.88. The molecule has 132 valence electrons. The topological polar surface area (TPSA) is 224 Å². The number of phosphoric acid groups is 2. The molecule has 0 aliphatic carbocycles. The maximum Gasteiger partial charge on any atom is 0.483 e. The number of ether oxygens (including phenoxy) is 1. The summed E-state index contributed by atoms with van der Waals surface area (Å²) in [6.45, 7) is -0.924. The van der Waals surface area contributed by atoms with Crippen LogP contribution in [0.5, 0.6) is 0 Å². The van der Waals surface area contributed by atoms with E-state index >= 15 is 0 Å². The molecular weight excluding hydrogens is 354 g/mol.